The Morgan fingerprint density at radius 2 is 1.07 bits per heavy atom. The van der Waals surface area contributed by atoms with Gasteiger partial charge >= 0.3 is 0 Å². The average Bonchev–Trinajstić information content (AvgIpc) is 2.61. The van der Waals surface area contributed by atoms with E-state index < -0.39 is 28.8 Å². The summed E-state index contributed by atoms with van der Waals surface area (Å²) in [7, 11) is -3.98. The lowest BCUT2D eigenvalue weighted by atomic mass is 10.1. The predicted octanol–water partition coefficient (Wildman–Crippen LogP) is 4.72. The molecule has 0 aromatic rings. The van der Waals surface area contributed by atoms with Crippen molar-refractivity contribution in [1.29, 1.82) is 0 Å². The van der Waals surface area contributed by atoms with Gasteiger partial charge in [0.2, 0.25) is 0 Å². The van der Waals surface area contributed by atoms with Crippen molar-refractivity contribution in [3.8, 4) is 0 Å². The minimum absolute atomic E-state index is 0.0446. The largest absolute Gasteiger partial charge is 0.414 e. The molecular formula is C20H40O5Si2. The summed E-state index contributed by atoms with van der Waals surface area (Å²) < 4.78 is 18.3. The zero-order valence-electron chi connectivity index (χ0n) is 19.0. The van der Waals surface area contributed by atoms with Gasteiger partial charge in [0, 0.05) is 12.8 Å². The fourth-order valence-electron chi connectivity index (χ4n) is 2.18. The number of carbonyl (C=O) groups excluding carboxylic acids is 2. The number of hydrogen-bond donors (Lipinski definition) is 0. The van der Waals surface area contributed by atoms with Crippen molar-refractivity contribution in [3.63, 3.8) is 0 Å². The van der Waals surface area contributed by atoms with E-state index in [0.29, 0.717) is 0 Å². The molecule has 158 valence electrons. The van der Waals surface area contributed by atoms with Crippen molar-refractivity contribution in [3.05, 3.63) is 0 Å². The van der Waals surface area contributed by atoms with E-state index in [1.807, 2.05) is 0 Å². The molecule has 0 radical (unpaired) electrons. The molecule has 1 heterocycles. The summed E-state index contributed by atoms with van der Waals surface area (Å²) in [4.78, 5) is 24.9. The van der Waals surface area contributed by atoms with Crippen molar-refractivity contribution >= 4 is 28.2 Å². The topological polar surface area (TPSA) is 61.8 Å². The Labute approximate surface area is 167 Å². The van der Waals surface area contributed by atoms with E-state index in [-0.39, 0.29) is 47.7 Å². The van der Waals surface area contributed by atoms with Crippen LogP contribution in [0.25, 0.3) is 0 Å². The summed E-state index contributed by atoms with van der Waals surface area (Å²) in [6, 6.07) is 0. The van der Waals surface area contributed by atoms with Crippen LogP contribution in [0.1, 0.15) is 54.4 Å². The summed E-state index contributed by atoms with van der Waals surface area (Å²) in [5.74, 6) is -0.0891. The van der Waals surface area contributed by atoms with E-state index in [1.165, 1.54) is 0 Å². The van der Waals surface area contributed by atoms with Gasteiger partial charge in [0.05, 0.1) is 13.2 Å². The van der Waals surface area contributed by atoms with Gasteiger partial charge in [-0.25, -0.2) is 0 Å². The van der Waals surface area contributed by atoms with Crippen LogP contribution in [-0.4, -0.2) is 53.6 Å². The first-order valence-corrected chi connectivity index (χ1v) is 15.8. The molecule has 1 aliphatic heterocycles. The van der Waals surface area contributed by atoms with Crippen molar-refractivity contribution in [2.24, 2.45) is 0 Å². The van der Waals surface area contributed by atoms with Crippen molar-refractivity contribution in [1.82, 2.24) is 0 Å². The van der Waals surface area contributed by atoms with Crippen LogP contribution in [0.3, 0.4) is 0 Å². The number of ketones is 2. The third kappa shape index (κ3) is 6.59. The van der Waals surface area contributed by atoms with Gasteiger partial charge in [-0.1, -0.05) is 41.5 Å². The molecule has 0 aromatic carbocycles. The third-order valence-electron chi connectivity index (χ3n) is 6.47. The molecule has 2 atom stereocenters. The molecule has 1 saturated heterocycles. The lowest BCUT2D eigenvalue weighted by Crippen LogP contribution is -2.46. The van der Waals surface area contributed by atoms with Crippen LogP contribution in [0.15, 0.2) is 0 Å². The van der Waals surface area contributed by atoms with Crippen LogP contribution in [0.2, 0.25) is 36.3 Å². The van der Waals surface area contributed by atoms with Crippen LogP contribution in [0.4, 0.5) is 0 Å². The van der Waals surface area contributed by atoms with Crippen LogP contribution in [0, 0.1) is 0 Å². The molecule has 0 unspecified atom stereocenters. The molecule has 7 heteroatoms. The van der Waals surface area contributed by atoms with E-state index in [2.05, 4.69) is 67.7 Å². The number of Topliss-reactive ketones (excluding diaryl/α,β-unsaturated/α-hetero) is 2. The smallest absolute Gasteiger partial charge is 0.192 e. The normalized spacial score (nSPS) is 23.5. The maximum Gasteiger partial charge on any atom is 0.192 e. The quantitative estimate of drug-likeness (QED) is 0.587. The first kappa shape index (κ1) is 24.7. The highest BCUT2D eigenvalue weighted by Gasteiger charge is 2.41. The molecule has 0 aromatic heterocycles. The second-order valence-electron chi connectivity index (χ2n) is 10.7. The van der Waals surface area contributed by atoms with E-state index >= 15 is 0 Å². The Kier molecular flexibility index (Phi) is 7.84. The lowest BCUT2D eigenvalue weighted by Gasteiger charge is -2.38. The molecular weight excluding hydrogens is 376 g/mol. The first-order valence-electron chi connectivity index (χ1n) is 9.97. The Hall–Kier alpha value is -0.346. The van der Waals surface area contributed by atoms with E-state index in [1.54, 1.807) is 0 Å². The van der Waals surface area contributed by atoms with Crippen LogP contribution in [-0.2, 0) is 23.2 Å². The summed E-state index contributed by atoms with van der Waals surface area (Å²) in [5.41, 5.74) is 0. The fraction of sp³-hybridized carbons (Fsp3) is 0.900. The standard InChI is InChI=1S/C20H40O5Si2/c1-19(2,3)26(7,8)23-13-17-15(21)11-12-16(22)18(25-17)14-24-27(9,10)20(4,5)6/h17-18H,11-14H2,1-10H3/t17-,18+. The monoisotopic (exact) mass is 416 g/mol. The lowest BCUT2D eigenvalue weighted by molar-refractivity contribution is -0.142. The predicted molar refractivity (Wildman–Crippen MR) is 114 cm³/mol. The van der Waals surface area contributed by atoms with E-state index in [4.69, 9.17) is 13.6 Å². The second-order valence-corrected chi connectivity index (χ2v) is 20.3. The Bertz CT molecular complexity index is 496. The Balaban J connectivity index is 2.81. The molecule has 0 spiro atoms. The van der Waals surface area contributed by atoms with Crippen LogP contribution < -0.4 is 0 Å². The number of hydrogen-bond acceptors (Lipinski definition) is 5. The number of rotatable bonds is 6. The highest BCUT2D eigenvalue weighted by atomic mass is 28.4. The van der Waals surface area contributed by atoms with Crippen LogP contribution in [0.5, 0.6) is 0 Å². The second kappa shape index (κ2) is 8.57. The summed E-state index contributed by atoms with van der Waals surface area (Å²) in [6.45, 7) is 22.0. The highest BCUT2D eigenvalue weighted by Crippen LogP contribution is 2.38. The van der Waals surface area contributed by atoms with Crippen molar-refractivity contribution < 1.29 is 23.2 Å². The van der Waals surface area contributed by atoms with Crippen molar-refractivity contribution in [2.45, 2.75) is 103 Å². The maximum absolute atomic E-state index is 12.5. The van der Waals surface area contributed by atoms with Gasteiger partial charge in [-0.3, -0.25) is 9.59 Å². The summed E-state index contributed by atoms with van der Waals surface area (Å²) >= 11 is 0. The molecule has 1 rings (SSSR count). The molecule has 5 nitrogen and oxygen atoms in total. The molecule has 27 heavy (non-hydrogen) atoms. The van der Waals surface area contributed by atoms with Gasteiger partial charge in [-0.2, -0.15) is 0 Å². The summed E-state index contributed by atoms with van der Waals surface area (Å²) in [5, 5.41) is 0.114. The van der Waals surface area contributed by atoms with Gasteiger partial charge < -0.3 is 13.6 Å². The van der Waals surface area contributed by atoms with Crippen molar-refractivity contribution in [2.75, 3.05) is 13.2 Å². The molecule has 0 bridgehead atoms. The Morgan fingerprint density at radius 3 is 1.33 bits per heavy atom. The molecule has 0 amide bonds. The average molecular weight is 417 g/mol. The van der Waals surface area contributed by atoms with Gasteiger partial charge in [-0.05, 0) is 36.3 Å². The highest BCUT2D eigenvalue weighted by molar-refractivity contribution is 6.74. The fourth-order valence-corrected chi connectivity index (χ4v) is 4.19. The maximum atomic E-state index is 12.5. The van der Waals surface area contributed by atoms with E-state index in [9.17, 15) is 9.59 Å². The number of ether oxygens (including phenoxy) is 1. The SMILES string of the molecule is CC(C)(C)[Si](C)(C)OC[C@@H]1O[C@H](CO[Si](C)(C)C(C)(C)C)C(=O)CCC1=O. The molecule has 1 fully saturated rings. The minimum atomic E-state index is -1.99. The van der Waals surface area contributed by atoms with Gasteiger partial charge in [0.15, 0.2) is 28.2 Å². The van der Waals surface area contributed by atoms with Crippen LogP contribution >= 0.6 is 0 Å². The van der Waals surface area contributed by atoms with Gasteiger partial charge in [-0.15, -0.1) is 0 Å². The van der Waals surface area contributed by atoms with Gasteiger partial charge in [0.1, 0.15) is 12.2 Å². The zero-order valence-corrected chi connectivity index (χ0v) is 21.0. The Morgan fingerprint density at radius 1 is 0.778 bits per heavy atom. The van der Waals surface area contributed by atoms with E-state index in [0.717, 1.165) is 0 Å². The van der Waals surface area contributed by atoms with Gasteiger partial charge in [0.25, 0.3) is 0 Å². The number of carbonyl (C=O) groups is 2. The molecule has 0 saturated carbocycles. The molecule has 1 aliphatic rings. The summed E-state index contributed by atoms with van der Waals surface area (Å²) in [6.07, 6.45) is -0.917. The molecule has 0 N–H and O–H groups in total. The third-order valence-corrected chi connectivity index (χ3v) is 15.5. The first-order chi connectivity index (χ1) is 12.0. The molecule has 0 aliphatic carbocycles. The zero-order chi connectivity index (χ0) is 21.3. The minimum Gasteiger partial charge on any atom is -0.414 e.